The maximum atomic E-state index is 13.6. The van der Waals surface area contributed by atoms with E-state index in [9.17, 15) is 9.18 Å². The summed E-state index contributed by atoms with van der Waals surface area (Å²) in [6.45, 7) is 0. The van der Waals surface area contributed by atoms with Gasteiger partial charge < -0.3 is 15.8 Å². The summed E-state index contributed by atoms with van der Waals surface area (Å²) in [4.78, 5) is 11.9. The second kappa shape index (κ2) is 5.39. The topological polar surface area (TPSA) is 64.3 Å². The number of amides is 1. The number of hydrogen-bond donors (Lipinski definition) is 2. The molecular formula is C14H13FN2O2. The summed E-state index contributed by atoms with van der Waals surface area (Å²) in [5.41, 5.74) is 6.21. The molecule has 4 nitrogen and oxygen atoms in total. The van der Waals surface area contributed by atoms with Crippen LogP contribution in [0.1, 0.15) is 10.4 Å². The molecule has 0 radical (unpaired) electrons. The standard InChI is InChI=1S/C14H13FN2O2/c1-19-11-5-3-10(4-6-11)17-14(18)12-7-2-9(16)8-13(12)15/h2-8H,16H2,1H3,(H,17,18). The predicted octanol–water partition coefficient (Wildman–Crippen LogP) is 2.67. The average molecular weight is 260 g/mol. The van der Waals surface area contributed by atoms with E-state index in [2.05, 4.69) is 5.32 Å². The van der Waals surface area contributed by atoms with Crippen LogP contribution in [0.4, 0.5) is 15.8 Å². The van der Waals surface area contributed by atoms with Crippen LogP contribution in [0, 0.1) is 5.82 Å². The fraction of sp³-hybridized carbons (Fsp3) is 0.0714. The number of carbonyl (C=O) groups excluding carboxylic acids is 1. The number of benzene rings is 2. The fourth-order valence-electron chi connectivity index (χ4n) is 1.59. The number of ether oxygens (including phenoxy) is 1. The highest BCUT2D eigenvalue weighted by Gasteiger charge is 2.11. The summed E-state index contributed by atoms with van der Waals surface area (Å²) in [6, 6.07) is 10.7. The molecule has 2 rings (SSSR count). The Balaban J connectivity index is 2.15. The molecule has 0 aliphatic rings. The molecule has 1 amide bonds. The van der Waals surface area contributed by atoms with Crippen molar-refractivity contribution >= 4 is 17.3 Å². The van der Waals surface area contributed by atoms with E-state index in [1.54, 1.807) is 31.4 Å². The quantitative estimate of drug-likeness (QED) is 0.834. The first-order valence-electron chi connectivity index (χ1n) is 5.60. The first-order chi connectivity index (χ1) is 9.10. The van der Waals surface area contributed by atoms with Crippen molar-refractivity contribution in [3.8, 4) is 5.75 Å². The van der Waals surface area contributed by atoms with Crippen LogP contribution in [0.3, 0.4) is 0 Å². The Morgan fingerprint density at radius 2 is 1.89 bits per heavy atom. The number of halogens is 1. The number of anilines is 2. The number of methoxy groups -OCH3 is 1. The number of nitrogens with two attached hydrogens (primary N) is 1. The molecule has 0 aromatic heterocycles. The molecule has 2 aromatic rings. The maximum Gasteiger partial charge on any atom is 0.258 e. The highest BCUT2D eigenvalue weighted by molar-refractivity contribution is 6.04. The Bertz CT molecular complexity index is 597. The molecule has 3 N–H and O–H groups in total. The zero-order valence-electron chi connectivity index (χ0n) is 10.3. The smallest absolute Gasteiger partial charge is 0.258 e. The third-order valence-corrected chi connectivity index (χ3v) is 2.59. The lowest BCUT2D eigenvalue weighted by Gasteiger charge is -2.07. The van der Waals surface area contributed by atoms with E-state index in [-0.39, 0.29) is 11.3 Å². The van der Waals surface area contributed by atoms with Crippen molar-refractivity contribution in [2.24, 2.45) is 0 Å². The van der Waals surface area contributed by atoms with Gasteiger partial charge in [-0.15, -0.1) is 0 Å². The second-order valence-corrected chi connectivity index (χ2v) is 3.92. The largest absolute Gasteiger partial charge is 0.497 e. The summed E-state index contributed by atoms with van der Waals surface area (Å²) < 4.78 is 18.6. The lowest BCUT2D eigenvalue weighted by atomic mass is 10.1. The van der Waals surface area contributed by atoms with Crippen LogP contribution in [-0.2, 0) is 0 Å². The lowest BCUT2D eigenvalue weighted by Crippen LogP contribution is -2.13. The van der Waals surface area contributed by atoms with Crippen LogP contribution >= 0.6 is 0 Å². The lowest BCUT2D eigenvalue weighted by molar-refractivity contribution is 0.102. The summed E-state index contributed by atoms with van der Waals surface area (Å²) in [7, 11) is 1.55. The Morgan fingerprint density at radius 3 is 2.47 bits per heavy atom. The van der Waals surface area contributed by atoms with E-state index < -0.39 is 11.7 Å². The third kappa shape index (κ3) is 3.01. The molecule has 0 heterocycles. The Hall–Kier alpha value is -2.56. The molecule has 2 aromatic carbocycles. The Labute approximate surface area is 110 Å². The minimum Gasteiger partial charge on any atom is -0.497 e. The molecule has 0 aliphatic carbocycles. The van der Waals surface area contributed by atoms with E-state index in [1.165, 1.54) is 12.1 Å². The predicted molar refractivity (Wildman–Crippen MR) is 71.8 cm³/mol. The van der Waals surface area contributed by atoms with Crippen molar-refractivity contribution in [1.29, 1.82) is 0 Å². The molecule has 0 bridgehead atoms. The number of carbonyl (C=O) groups is 1. The molecule has 0 aliphatic heterocycles. The molecule has 5 heteroatoms. The van der Waals surface area contributed by atoms with Crippen molar-refractivity contribution in [3.05, 3.63) is 53.8 Å². The van der Waals surface area contributed by atoms with Gasteiger partial charge >= 0.3 is 0 Å². The van der Waals surface area contributed by atoms with Crippen molar-refractivity contribution in [2.75, 3.05) is 18.2 Å². The number of nitrogens with one attached hydrogen (secondary N) is 1. The van der Waals surface area contributed by atoms with E-state index in [0.717, 1.165) is 6.07 Å². The average Bonchev–Trinajstić information content (AvgIpc) is 2.39. The zero-order valence-corrected chi connectivity index (χ0v) is 10.3. The minimum atomic E-state index is -0.647. The molecule has 0 unspecified atom stereocenters. The first kappa shape index (κ1) is 12.9. The Kier molecular flexibility index (Phi) is 3.66. The van der Waals surface area contributed by atoms with E-state index >= 15 is 0 Å². The van der Waals surface area contributed by atoms with Gasteiger partial charge in [-0.3, -0.25) is 4.79 Å². The van der Waals surface area contributed by atoms with E-state index in [4.69, 9.17) is 10.5 Å². The van der Waals surface area contributed by atoms with Crippen LogP contribution < -0.4 is 15.8 Å². The van der Waals surface area contributed by atoms with Gasteiger partial charge in [0.15, 0.2) is 0 Å². The van der Waals surface area contributed by atoms with Crippen LogP contribution in [-0.4, -0.2) is 13.0 Å². The summed E-state index contributed by atoms with van der Waals surface area (Å²) >= 11 is 0. The number of rotatable bonds is 3. The number of nitrogen functional groups attached to an aromatic ring is 1. The molecule has 0 spiro atoms. The van der Waals surface area contributed by atoms with Crippen molar-refractivity contribution in [3.63, 3.8) is 0 Å². The van der Waals surface area contributed by atoms with Crippen molar-refractivity contribution in [1.82, 2.24) is 0 Å². The highest BCUT2D eigenvalue weighted by Crippen LogP contribution is 2.17. The SMILES string of the molecule is COc1ccc(NC(=O)c2ccc(N)cc2F)cc1. The normalized spacial score (nSPS) is 10.0. The Morgan fingerprint density at radius 1 is 1.21 bits per heavy atom. The van der Waals surface area contributed by atoms with Gasteiger partial charge in [0.1, 0.15) is 11.6 Å². The van der Waals surface area contributed by atoms with Gasteiger partial charge in [0.25, 0.3) is 5.91 Å². The highest BCUT2D eigenvalue weighted by atomic mass is 19.1. The van der Waals surface area contributed by atoms with Gasteiger partial charge in [0, 0.05) is 11.4 Å². The third-order valence-electron chi connectivity index (χ3n) is 2.59. The van der Waals surface area contributed by atoms with Crippen molar-refractivity contribution < 1.29 is 13.9 Å². The van der Waals surface area contributed by atoms with Crippen LogP contribution in [0.25, 0.3) is 0 Å². The molecule has 98 valence electrons. The van der Waals surface area contributed by atoms with Gasteiger partial charge in [-0.1, -0.05) is 0 Å². The van der Waals surface area contributed by atoms with Gasteiger partial charge in [-0.2, -0.15) is 0 Å². The molecule has 0 saturated heterocycles. The van der Waals surface area contributed by atoms with Gasteiger partial charge in [-0.25, -0.2) is 4.39 Å². The van der Waals surface area contributed by atoms with Crippen LogP contribution in [0.15, 0.2) is 42.5 Å². The molecule has 19 heavy (non-hydrogen) atoms. The molecule has 0 saturated carbocycles. The van der Waals surface area contributed by atoms with Gasteiger partial charge in [-0.05, 0) is 42.5 Å². The summed E-state index contributed by atoms with van der Waals surface area (Å²) in [5, 5.41) is 2.59. The van der Waals surface area contributed by atoms with E-state index in [1.807, 2.05) is 0 Å². The van der Waals surface area contributed by atoms with Crippen LogP contribution in [0.5, 0.6) is 5.75 Å². The minimum absolute atomic E-state index is 0.0509. The summed E-state index contributed by atoms with van der Waals surface area (Å²) in [5.74, 6) is -0.495. The first-order valence-corrected chi connectivity index (χ1v) is 5.60. The summed E-state index contributed by atoms with van der Waals surface area (Å²) in [6.07, 6.45) is 0. The maximum absolute atomic E-state index is 13.6. The van der Waals surface area contributed by atoms with Crippen molar-refractivity contribution in [2.45, 2.75) is 0 Å². The number of hydrogen-bond acceptors (Lipinski definition) is 3. The second-order valence-electron chi connectivity index (χ2n) is 3.92. The molecular weight excluding hydrogens is 247 g/mol. The van der Waals surface area contributed by atoms with Crippen LogP contribution in [0.2, 0.25) is 0 Å². The monoisotopic (exact) mass is 260 g/mol. The molecule has 0 fully saturated rings. The van der Waals surface area contributed by atoms with Gasteiger partial charge in [0.2, 0.25) is 0 Å². The van der Waals surface area contributed by atoms with Gasteiger partial charge in [0.05, 0.1) is 12.7 Å². The fourth-order valence-corrected chi connectivity index (χ4v) is 1.59. The molecule has 0 atom stereocenters. The zero-order chi connectivity index (χ0) is 13.8. The van der Waals surface area contributed by atoms with E-state index in [0.29, 0.717) is 11.4 Å².